The molecule has 0 fully saturated rings. The molecule has 4 rings (SSSR count). The molecule has 0 aliphatic heterocycles. The summed E-state index contributed by atoms with van der Waals surface area (Å²) in [5.74, 6) is 1.95. The molecule has 3 aromatic heterocycles. The first-order valence-electron chi connectivity index (χ1n) is 7.99. The molecule has 0 aliphatic rings. The Labute approximate surface area is 144 Å². The number of nitrogens with zero attached hydrogens (tertiary/aromatic N) is 4. The number of aromatic nitrogens is 6. The van der Waals surface area contributed by atoms with Crippen molar-refractivity contribution in [3.8, 4) is 0 Å². The molecule has 4 N–H and O–H groups in total. The zero-order chi connectivity index (χ0) is 17.2. The number of aryl methyl sites for hydroxylation is 1. The highest BCUT2D eigenvalue weighted by Crippen LogP contribution is 2.21. The number of anilines is 3. The van der Waals surface area contributed by atoms with Crippen LogP contribution in [0.2, 0.25) is 0 Å². The number of imidazole rings is 1. The predicted molar refractivity (Wildman–Crippen MR) is 96.8 cm³/mol. The lowest BCUT2D eigenvalue weighted by Gasteiger charge is -2.14. The van der Waals surface area contributed by atoms with Crippen molar-refractivity contribution in [1.29, 1.82) is 0 Å². The van der Waals surface area contributed by atoms with Gasteiger partial charge in [-0.25, -0.2) is 9.97 Å². The van der Waals surface area contributed by atoms with Gasteiger partial charge >= 0.3 is 0 Å². The van der Waals surface area contributed by atoms with E-state index in [1.807, 2.05) is 19.1 Å². The number of hydrogen-bond donors (Lipinski definition) is 4. The standard InChI is InChI=1S/C17H18N8/c1-10-7-16(25-24-10)22-15-5-6-18-17(23-15)21-11(2)12-3-4-13-14(8-12)20-9-19-13/h3-9,11H,1-2H3,(H,19,20)(H3,18,21,22,23,24,25). The Morgan fingerprint density at radius 3 is 2.84 bits per heavy atom. The van der Waals surface area contributed by atoms with Gasteiger partial charge in [0.2, 0.25) is 5.95 Å². The quantitative estimate of drug-likeness (QED) is 0.446. The molecule has 3 heterocycles. The van der Waals surface area contributed by atoms with Gasteiger partial charge in [-0.1, -0.05) is 6.07 Å². The van der Waals surface area contributed by atoms with Gasteiger partial charge in [-0.3, -0.25) is 5.10 Å². The van der Waals surface area contributed by atoms with Crippen LogP contribution in [-0.4, -0.2) is 30.1 Å². The van der Waals surface area contributed by atoms with E-state index in [1.54, 1.807) is 18.6 Å². The number of aromatic amines is 2. The average molecular weight is 334 g/mol. The van der Waals surface area contributed by atoms with Crippen LogP contribution in [0.4, 0.5) is 17.6 Å². The minimum Gasteiger partial charge on any atom is -0.348 e. The lowest BCUT2D eigenvalue weighted by Crippen LogP contribution is -2.10. The van der Waals surface area contributed by atoms with E-state index in [0.29, 0.717) is 11.8 Å². The smallest absolute Gasteiger partial charge is 0.225 e. The molecule has 1 aromatic carbocycles. The molecular weight excluding hydrogens is 316 g/mol. The van der Waals surface area contributed by atoms with Crippen molar-refractivity contribution in [2.24, 2.45) is 0 Å². The van der Waals surface area contributed by atoms with Gasteiger partial charge in [0.15, 0.2) is 5.82 Å². The van der Waals surface area contributed by atoms with Crippen molar-refractivity contribution in [3.63, 3.8) is 0 Å². The summed E-state index contributed by atoms with van der Waals surface area (Å²) >= 11 is 0. The van der Waals surface area contributed by atoms with Gasteiger partial charge in [-0.05, 0) is 37.6 Å². The third kappa shape index (κ3) is 3.27. The summed E-state index contributed by atoms with van der Waals surface area (Å²) < 4.78 is 0. The zero-order valence-corrected chi connectivity index (χ0v) is 13.9. The second kappa shape index (κ2) is 6.23. The lowest BCUT2D eigenvalue weighted by atomic mass is 10.1. The summed E-state index contributed by atoms with van der Waals surface area (Å²) in [6.07, 6.45) is 3.41. The van der Waals surface area contributed by atoms with E-state index in [2.05, 4.69) is 59.8 Å². The third-order valence-corrected chi connectivity index (χ3v) is 3.91. The van der Waals surface area contributed by atoms with E-state index >= 15 is 0 Å². The summed E-state index contributed by atoms with van der Waals surface area (Å²) in [4.78, 5) is 16.1. The van der Waals surface area contributed by atoms with Gasteiger partial charge in [-0.15, -0.1) is 0 Å². The highest BCUT2D eigenvalue weighted by atomic mass is 15.2. The fourth-order valence-electron chi connectivity index (χ4n) is 2.61. The van der Waals surface area contributed by atoms with E-state index in [1.165, 1.54) is 0 Å². The van der Waals surface area contributed by atoms with Crippen molar-refractivity contribution < 1.29 is 0 Å². The van der Waals surface area contributed by atoms with Crippen LogP contribution in [0.15, 0.2) is 42.9 Å². The van der Waals surface area contributed by atoms with Crippen molar-refractivity contribution in [2.45, 2.75) is 19.9 Å². The Morgan fingerprint density at radius 1 is 1.08 bits per heavy atom. The first kappa shape index (κ1) is 15.1. The maximum atomic E-state index is 4.49. The fourth-order valence-corrected chi connectivity index (χ4v) is 2.61. The Balaban J connectivity index is 1.50. The summed E-state index contributed by atoms with van der Waals surface area (Å²) in [5.41, 5.74) is 4.07. The number of H-pyrrole nitrogens is 2. The van der Waals surface area contributed by atoms with Crippen molar-refractivity contribution in [2.75, 3.05) is 10.6 Å². The second-order valence-corrected chi connectivity index (χ2v) is 5.87. The van der Waals surface area contributed by atoms with Gasteiger partial charge in [0.25, 0.3) is 0 Å². The van der Waals surface area contributed by atoms with E-state index in [4.69, 9.17) is 0 Å². The molecule has 4 aromatic rings. The Morgan fingerprint density at radius 2 is 2.00 bits per heavy atom. The van der Waals surface area contributed by atoms with Crippen LogP contribution in [0, 0.1) is 6.92 Å². The Bertz CT molecular complexity index is 1000. The maximum absolute atomic E-state index is 4.49. The largest absolute Gasteiger partial charge is 0.348 e. The number of hydrogen-bond acceptors (Lipinski definition) is 6. The normalized spacial score (nSPS) is 12.2. The molecule has 25 heavy (non-hydrogen) atoms. The molecule has 0 aliphatic carbocycles. The maximum Gasteiger partial charge on any atom is 0.225 e. The van der Waals surface area contributed by atoms with Crippen LogP contribution < -0.4 is 10.6 Å². The number of fused-ring (bicyclic) bond motifs is 1. The molecule has 0 radical (unpaired) electrons. The second-order valence-electron chi connectivity index (χ2n) is 5.87. The number of nitrogens with one attached hydrogen (secondary N) is 4. The Hall–Kier alpha value is -3.42. The van der Waals surface area contributed by atoms with Crippen molar-refractivity contribution in [1.82, 2.24) is 30.1 Å². The summed E-state index contributed by atoms with van der Waals surface area (Å²) in [7, 11) is 0. The average Bonchev–Trinajstić information content (AvgIpc) is 3.23. The van der Waals surface area contributed by atoms with Crippen LogP contribution in [-0.2, 0) is 0 Å². The van der Waals surface area contributed by atoms with Crippen LogP contribution in [0.1, 0.15) is 24.2 Å². The third-order valence-electron chi connectivity index (χ3n) is 3.91. The molecule has 8 nitrogen and oxygen atoms in total. The summed E-state index contributed by atoms with van der Waals surface area (Å²) in [5, 5.41) is 13.5. The molecule has 8 heteroatoms. The van der Waals surface area contributed by atoms with Crippen molar-refractivity contribution in [3.05, 3.63) is 54.1 Å². The monoisotopic (exact) mass is 334 g/mol. The van der Waals surface area contributed by atoms with E-state index in [-0.39, 0.29) is 6.04 Å². The molecule has 0 spiro atoms. The van der Waals surface area contributed by atoms with E-state index in [9.17, 15) is 0 Å². The lowest BCUT2D eigenvalue weighted by molar-refractivity contribution is 0.862. The van der Waals surface area contributed by atoms with Gasteiger partial charge < -0.3 is 15.6 Å². The van der Waals surface area contributed by atoms with Crippen LogP contribution in [0.25, 0.3) is 11.0 Å². The molecule has 0 saturated carbocycles. The van der Waals surface area contributed by atoms with Gasteiger partial charge in [0.05, 0.1) is 23.4 Å². The van der Waals surface area contributed by atoms with Gasteiger partial charge in [0.1, 0.15) is 5.82 Å². The molecule has 126 valence electrons. The van der Waals surface area contributed by atoms with Gasteiger partial charge in [-0.2, -0.15) is 10.1 Å². The highest BCUT2D eigenvalue weighted by Gasteiger charge is 2.09. The van der Waals surface area contributed by atoms with E-state index < -0.39 is 0 Å². The molecule has 1 unspecified atom stereocenters. The molecule has 0 saturated heterocycles. The minimum absolute atomic E-state index is 0.0515. The summed E-state index contributed by atoms with van der Waals surface area (Å²) in [6.45, 7) is 4.02. The van der Waals surface area contributed by atoms with Crippen LogP contribution in [0.5, 0.6) is 0 Å². The topological polar surface area (TPSA) is 107 Å². The minimum atomic E-state index is 0.0515. The molecule has 0 bridgehead atoms. The Kier molecular flexibility index (Phi) is 3.77. The first-order chi connectivity index (χ1) is 12.2. The van der Waals surface area contributed by atoms with E-state index in [0.717, 1.165) is 28.1 Å². The SMILES string of the molecule is Cc1cc(Nc2ccnc(NC(C)c3ccc4nc[nH]c4c3)n2)n[nH]1. The predicted octanol–water partition coefficient (Wildman–Crippen LogP) is 3.30. The van der Waals surface area contributed by atoms with Crippen LogP contribution in [0.3, 0.4) is 0 Å². The summed E-state index contributed by atoms with van der Waals surface area (Å²) in [6, 6.07) is 9.89. The van der Waals surface area contributed by atoms with Crippen molar-refractivity contribution >= 4 is 28.6 Å². The fraction of sp³-hybridized carbons (Fsp3) is 0.176. The molecule has 0 amide bonds. The van der Waals surface area contributed by atoms with Crippen LogP contribution >= 0.6 is 0 Å². The zero-order valence-electron chi connectivity index (χ0n) is 13.9. The first-order valence-corrected chi connectivity index (χ1v) is 7.99. The molecular formula is C17H18N8. The highest BCUT2D eigenvalue weighted by molar-refractivity contribution is 5.75. The number of benzene rings is 1. The van der Waals surface area contributed by atoms with Gasteiger partial charge in [0, 0.05) is 18.0 Å². The number of rotatable bonds is 5. The molecule has 1 atom stereocenters.